The van der Waals surface area contributed by atoms with Crippen molar-refractivity contribution < 1.29 is 13.2 Å². The van der Waals surface area contributed by atoms with E-state index in [0.29, 0.717) is 5.56 Å². The van der Waals surface area contributed by atoms with Crippen LogP contribution in [-0.4, -0.2) is 9.97 Å². The summed E-state index contributed by atoms with van der Waals surface area (Å²) in [5, 5.41) is 0. The van der Waals surface area contributed by atoms with Gasteiger partial charge in [-0.15, -0.1) is 0 Å². The van der Waals surface area contributed by atoms with E-state index in [1.165, 1.54) is 0 Å². The van der Waals surface area contributed by atoms with E-state index in [-0.39, 0.29) is 17.8 Å². The van der Waals surface area contributed by atoms with E-state index in [0.717, 1.165) is 23.3 Å². The molecule has 1 aromatic carbocycles. The van der Waals surface area contributed by atoms with Gasteiger partial charge in [0.15, 0.2) is 11.6 Å². The molecule has 0 saturated heterocycles. The van der Waals surface area contributed by atoms with Crippen molar-refractivity contribution in [3.63, 3.8) is 0 Å². The molecule has 2 heterocycles. The van der Waals surface area contributed by atoms with Crippen molar-refractivity contribution in [2.75, 3.05) is 5.73 Å². The molecule has 0 saturated carbocycles. The number of hydrogen-bond acceptors (Lipinski definition) is 3. The molecule has 25 heavy (non-hydrogen) atoms. The van der Waals surface area contributed by atoms with Gasteiger partial charge in [0, 0.05) is 35.3 Å². The van der Waals surface area contributed by atoms with Crippen molar-refractivity contribution in [1.29, 1.82) is 0 Å². The van der Waals surface area contributed by atoms with Crippen LogP contribution in [0.2, 0.25) is 0 Å². The summed E-state index contributed by atoms with van der Waals surface area (Å²) in [4.78, 5) is 8.21. The largest absolute Gasteiger partial charge is 0.383 e. The first-order chi connectivity index (χ1) is 12.0. The lowest BCUT2D eigenvalue weighted by atomic mass is 9.92. The summed E-state index contributed by atoms with van der Waals surface area (Å²) in [5.74, 6) is -3.34. The zero-order valence-corrected chi connectivity index (χ0v) is 13.5. The van der Waals surface area contributed by atoms with Crippen molar-refractivity contribution in [1.82, 2.24) is 9.97 Å². The van der Waals surface area contributed by atoms with Crippen molar-refractivity contribution >= 4 is 5.82 Å². The molecular formula is C19H16F3N3. The van der Waals surface area contributed by atoms with Crippen LogP contribution >= 0.6 is 0 Å². The van der Waals surface area contributed by atoms with E-state index in [9.17, 15) is 13.2 Å². The van der Waals surface area contributed by atoms with Gasteiger partial charge in [-0.2, -0.15) is 0 Å². The number of pyridine rings is 2. The Hall–Kier alpha value is -2.89. The predicted octanol–water partition coefficient (Wildman–Crippen LogP) is 4.49. The quantitative estimate of drug-likeness (QED) is 0.710. The first-order valence-electron chi connectivity index (χ1n) is 7.75. The van der Waals surface area contributed by atoms with Crippen LogP contribution in [0.15, 0.2) is 48.9 Å². The van der Waals surface area contributed by atoms with Crippen molar-refractivity contribution in [3.8, 4) is 11.1 Å². The Morgan fingerprint density at radius 3 is 2.52 bits per heavy atom. The molecule has 3 nitrogen and oxygen atoms in total. The Bertz CT molecular complexity index is 898. The average molecular weight is 343 g/mol. The summed E-state index contributed by atoms with van der Waals surface area (Å²) in [6.45, 7) is 1.62. The maximum atomic E-state index is 14.0. The summed E-state index contributed by atoms with van der Waals surface area (Å²) in [7, 11) is 0. The van der Waals surface area contributed by atoms with Gasteiger partial charge in [-0.05, 0) is 42.2 Å². The normalized spacial score (nSPS) is 12.2. The highest BCUT2D eigenvalue weighted by Gasteiger charge is 2.21. The molecule has 0 radical (unpaired) electrons. The average Bonchev–Trinajstić information content (AvgIpc) is 2.61. The number of hydrogen-bond donors (Lipinski definition) is 1. The highest BCUT2D eigenvalue weighted by molar-refractivity contribution is 5.64. The zero-order valence-electron chi connectivity index (χ0n) is 13.5. The Labute approximate surface area is 143 Å². The number of anilines is 1. The topological polar surface area (TPSA) is 51.8 Å². The summed E-state index contributed by atoms with van der Waals surface area (Å²) < 4.78 is 41.4. The SMILES string of the molecule is CC(Cc1cc(-c2cccnc2)cnc1N)c1c(F)ccc(F)c1F. The Morgan fingerprint density at radius 1 is 1.04 bits per heavy atom. The highest BCUT2D eigenvalue weighted by Crippen LogP contribution is 2.30. The van der Waals surface area contributed by atoms with Gasteiger partial charge >= 0.3 is 0 Å². The van der Waals surface area contributed by atoms with Gasteiger partial charge < -0.3 is 5.73 Å². The number of rotatable bonds is 4. The second-order valence-electron chi connectivity index (χ2n) is 5.87. The smallest absolute Gasteiger partial charge is 0.165 e. The molecule has 128 valence electrons. The van der Waals surface area contributed by atoms with E-state index in [4.69, 9.17) is 5.73 Å². The van der Waals surface area contributed by atoms with Crippen LogP contribution in [-0.2, 0) is 6.42 Å². The van der Waals surface area contributed by atoms with Gasteiger partial charge in [-0.25, -0.2) is 18.2 Å². The van der Waals surface area contributed by atoms with E-state index >= 15 is 0 Å². The minimum atomic E-state index is -1.16. The number of benzene rings is 1. The third kappa shape index (κ3) is 3.47. The van der Waals surface area contributed by atoms with Gasteiger partial charge in [0.05, 0.1) is 0 Å². The van der Waals surface area contributed by atoms with Crippen LogP contribution in [0.5, 0.6) is 0 Å². The molecule has 0 aliphatic rings. The molecule has 1 atom stereocenters. The second kappa shape index (κ2) is 6.93. The fourth-order valence-electron chi connectivity index (χ4n) is 2.80. The predicted molar refractivity (Wildman–Crippen MR) is 90.3 cm³/mol. The van der Waals surface area contributed by atoms with E-state index in [2.05, 4.69) is 9.97 Å². The third-order valence-electron chi connectivity index (χ3n) is 4.09. The molecule has 0 aliphatic carbocycles. The van der Waals surface area contributed by atoms with Crippen molar-refractivity contribution in [2.45, 2.75) is 19.3 Å². The maximum Gasteiger partial charge on any atom is 0.165 e. The Balaban J connectivity index is 1.94. The highest BCUT2D eigenvalue weighted by atomic mass is 19.2. The molecule has 0 fully saturated rings. The fraction of sp³-hybridized carbons (Fsp3) is 0.158. The third-order valence-corrected chi connectivity index (χ3v) is 4.09. The summed E-state index contributed by atoms with van der Waals surface area (Å²) >= 11 is 0. The van der Waals surface area contributed by atoms with E-state index < -0.39 is 23.4 Å². The number of aromatic nitrogens is 2. The lowest BCUT2D eigenvalue weighted by Gasteiger charge is -2.16. The van der Waals surface area contributed by atoms with Gasteiger partial charge in [-0.1, -0.05) is 13.0 Å². The fourth-order valence-corrected chi connectivity index (χ4v) is 2.80. The molecule has 6 heteroatoms. The van der Waals surface area contributed by atoms with Gasteiger partial charge in [0.1, 0.15) is 11.6 Å². The number of nitrogens with zero attached hydrogens (tertiary/aromatic N) is 2. The molecule has 3 aromatic rings. The first kappa shape index (κ1) is 17.0. The molecule has 0 spiro atoms. The van der Waals surface area contributed by atoms with Crippen molar-refractivity contribution in [2.24, 2.45) is 0 Å². The van der Waals surface area contributed by atoms with Gasteiger partial charge in [0.2, 0.25) is 0 Å². The maximum absolute atomic E-state index is 14.0. The lowest BCUT2D eigenvalue weighted by Crippen LogP contribution is -2.08. The molecule has 1 unspecified atom stereocenters. The van der Waals surface area contributed by atoms with Gasteiger partial charge in [0.25, 0.3) is 0 Å². The number of nitrogens with two attached hydrogens (primary N) is 1. The summed E-state index contributed by atoms with van der Waals surface area (Å²) in [6.07, 6.45) is 5.19. The molecule has 0 aliphatic heterocycles. The summed E-state index contributed by atoms with van der Waals surface area (Å²) in [5.41, 5.74) is 7.91. The molecule has 0 amide bonds. The minimum absolute atomic E-state index is 0.226. The standard InChI is InChI=1S/C19H16F3N3/c1-11(17-15(20)4-5-16(21)18(17)22)7-13-8-14(10-25-19(13)23)12-3-2-6-24-9-12/h2-6,8-11H,7H2,1H3,(H2,23,25). The lowest BCUT2D eigenvalue weighted by molar-refractivity contribution is 0.467. The minimum Gasteiger partial charge on any atom is -0.383 e. The second-order valence-corrected chi connectivity index (χ2v) is 5.87. The molecule has 2 aromatic heterocycles. The van der Waals surface area contributed by atoms with Gasteiger partial charge in [-0.3, -0.25) is 4.98 Å². The van der Waals surface area contributed by atoms with Crippen LogP contribution < -0.4 is 5.73 Å². The monoisotopic (exact) mass is 343 g/mol. The first-order valence-corrected chi connectivity index (χ1v) is 7.75. The Morgan fingerprint density at radius 2 is 1.80 bits per heavy atom. The summed E-state index contributed by atoms with van der Waals surface area (Å²) in [6, 6.07) is 7.19. The molecule has 0 bridgehead atoms. The van der Waals surface area contributed by atoms with E-state index in [1.54, 1.807) is 31.6 Å². The molecular weight excluding hydrogens is 327 g/mol. The number of nitrogen functional groups attached to an aromatic ring is 1. The van der Waals surface area contributed by atoms with Crippen LogP contribution in [0.3, 0.4) is 0 Å². The number of halogens is 3. The van der Waals surface area contributed by atoms with Crippen LogP contribution in [0.4, 0.5) is 19.0 Å². The zero-order chi connectivity index (χ0) is 18.0. The van der Waals surface area contributed by atoms with E-state index in [1.807, 2.05) is 12.1 Å². The van der Waals surface area contributed by atoms with Crippen molar-refractivity contribution in [3.05, 3.63) is 77.5 Å². The van der Waals surface area contributed by atoms with Crippen LogP contribution in [0.25, 0.3) is 11.1 Å². The van der Waals surface area contributed by atoms with Crippen LogP contribution in [0.1, 0.15) is 24.0 Å². The molecule has 3 rings (SSSR count). The Kier molecular flexibility index (Phi) is 4.70. The molecule has 2 N–H and O–H groups in total. The van der Waals surface area contributed by atoms with Crippen LogP contribution in [0, 0.1) is 17.5 Å².